The Morgan fingerprint density at radius 1 is 1.06 bits per heavy atom. The molecule has 1 fully saturated rings. The van der Waals surface area contributed by atoms with Crippen LogP contribution in [0.15, 0.2) is 11.8 Å². The van der Waals surface area contributed by atoms with Crippen molar-refractivity contribution in [1.29, 1.82) is 0 Å². The average molecular weight is 254 g/mol. The van der Waals surface area contributed by atoms with Crippen molar-refractivity contribution in [2.24, 2.45) is 0 Å². The number of likely N-dealkylation sites (tertiary alicyclic amines) is 1. The quantitative estimate of drug-likeness (QED) is 0.577. The van der Waals surface area contributed by atoms with Gasteiger partial charge in [0.1, 0.15) is 0 Å². The van der Waals surface area contributed by atoms with Gasteiger partial charge in [-0.2, -0.15) is 0 Å². The lowest BCUT2D eigenvalue weighted by atomic mass is 10.4. The first kappa shape index (κ1) is 15.0. The second-order valence-electron chi connectivity index (χ2n) is 5.86. The molecule has 17 heavy (non-hydrogen) atoms. The first-order valence-electron chi connectivity index (χ1n) is 7.53. The van der Waals surface area contributed by atoms with Crippen LogP contribution >= 0.6 is 0 Å². The summed E-state index contributed by atoms with van der Waals surface area (Å²) >= 11 is 0. The highest BCUT2D eigenvalue weighted by atomic mass is 28.3. The molecule has 0 saturated carbocycles. The molecule has 0 atom stereocenters. The predicted octanol–water partition coefficient (Wildman–Crippen LogP) is 4.47. The van der Waals surface area contributed by atoms with Crippen LogP contribution < -0.4 is 0 Å². The Morgan fingerprint density at radius 2 is 1.59 bits per heavy atom. The molecule has 0 aromatic rings. The summed E-state index contributed by atoms with van der Waals surface area (Å²) in [6.07, 6.45) is 5.53. The van der Waals surface area contributed by atoms with Crippen LogP contribution in [0.3, 0.4) is 0 Å². The van der Waals surface area contributed by atoms with Gasteiger partial charge in [0, 0.05) is 0 Å². The van der Waals surface area contributed by atoms with Crippen molar-refractivity contribution in [3.05, 3.63) is 11.8 Å². The molecular formula is C15H31NSi. The molecule has 100 valence electrons. The molecular weight excluding hydrogens is 222 g/mol. The van der Waals surface area contributed by atoms with E-state index in [-0.39, 0.29) is 0 Å². The van der Waals surface area contributed by atoms with Gasteiger partial charge in [0.05, 0.1) is 8.07 Å². The van der Waals surface area contributed by atoms with Crippen LogP contribution in [-0.4, -0.2) is 32.6 Å². The monoisotopic (exact) mass is 253 g/mol. The molecule has 0 aromatic carbocycles. The van der Waals surface area contributed by atoms with Crippen molar-refractivity contribution in [1.82, 2.24) is 4.90 Å². The molecule has 1 aliphatic heterocycles. The van der Waals surface area contributed by atoms with E-state index in [2.05, 4.69) is 32.3 Å². The van der Waals surface area contributed by atoms with Gasteiger partial charge in [-0.1, -0.05) is 44.0 Å². The summed E-state index contributed by atoms with van der Waals surface area (Å²) < 4.78 is 0. The van der Waals surface area contributed by atoms with Gasteiger partial charge in [0.25, 0.3) is 0 Å². The van der Waals surface area contributed by atoms with Crippen molar-refractivity contribution >= 4 is 8.07 Å². The van der Waals surface area contributed by atoms with E-state index in [1.165, 1.54) is 63.4 Å². The Balaban J connectivity index is 2.56. The van der Waals surface area contributed by atoms with Gasteiger partial charge in [0.15, 0.2) is 0 Å². The maximum atomic E-state index is 4.35. The Morgan fingerprint density at radius 3 is 2.00 bits per heavy atom. The molecule has 0 unspecified atom stereocenters. The van der Waals surface area contributed by atoms with Crippen LogP contribution in [0.1, 0.15) is 46.5 Å². The van der Waals surface area contributed by atoms with E-state index in [1.54, 1.807) is 5.20 Å². The minimum atomic E-state index is -1.18. The molecule has 2 heteroatoms. The highest BCUT2D eigenvalue weighted by Crippen LogP contribution is 2.31. The summed E-state index contributed by atoms with van der Waals surface area (Å²) in [4.78, 5) is 2.68. The van der Waals surface area contributed by atoms with Gasteiger partial charge in [-0.3, -0.25) is 0 Å². The molecule has 0 aromatic heterocycles. The molecule has 0 aliphatic carbocycles. The van der Waals surface area contributed by atoms with Gasteiger partial charge in [0.2, 0.25) is 0 Å². The third-order valence-corrected chi connectivity index (χ3v) is 10.4. The fourth-order valence-corrected chi connectivity index (χ4v) is 8.04. The lowest BCUT2D eigenvalue weighted by Gasteiger charge is -2.34. The lowest BCUT2D eigenvalue weighted by Crippen LogP contribution is -2.39. The molecule has 1 nitrogen and oxygen atoms in total. The van der Waals surface area contributed by atoms with E-state index in [1.807, 2.05) is 0 Å². The summed E-state index contributed by atoms with van der Waals surface area (Å²) in [6, 6.07) is 4.39. The third-order valence-electron chi connectivity index (χ3n) is 4.47. The molecule has 1 rings (SSSR count). The van der Waals surface area contributed by atoms with Gasteiger partial charge in [-0.25, -0.2) is 0 Å². The molecule has 0 radical (unpaired) electrons. The second kappa shape index (κ2) is 7.37. The zero-order chi connectivity index (χ0) is 12.7. The zero-order valence-corrected chi connectivity index (χ0v) is 13.2. The fraction of sp³-hybridized carbons (Fsp3) is 0.867. The van der Waals surface area contributed by atoms with Crippen molar-refractivity contribution in [2.75, 3.05) is 19.6 Å². The van der Waals surface area contributed by atoms with E-state index in [4.69, 9.17) is 0 Å². The SMILES string of the molecule is C=C(C)[Si](CCC)(CCC)CCN1CCCC1. The molecule has 0 N–H and O–H groups in total. The highest BCUT2D eigenvalue weighted by Gasteiger charge is 2.32. The predicted molar refractivity (Wildman–Crippen MR) is 81.2 cm³/mol. The van der Waals surface area contributed by atoms with Crippen LogP contribution in [0, 0.1) is 0 Å². The van der Waals surface area contributed by atoms with Crippen molar-refractivity contribution in [2.45, 2.75) is 64.6 Å². The number of nitrogens with zero attached hydrogens (tertiary/aromatic N) is 1. The van der Waals surface area contributed by atoms with Gasteiger partial charge < -0.3 is 4.90 Å². The average Bonchev–Trinajstić information content (AvgIpc) is 2.79. The topological polar surface area (TPSA) is 3.24 Å². The Labute approximate surface area is 109 Å². The summed E-state index contributed by atoms with van der Waals surface area (Å²) in [5.74, 6) is 0. The first-order valence-corrected chi connectivity index (χ1v) is 10.1. The van der Waals surface area contributed by atoms with Gasteiger partial charge >= 0.3 is 0 Å². The summed E-state index contributed by atoms with van der Waals surface area (Å²) in [7, 11) is -1.18. The molecule has 1 aliphatic rings. The Kier molecular flexibility index (Phi) is 6.50. The van der Waals surface area contributed by atoms with Crippen LogP contribution in [0.5, 0.6) is 0 Å². The maximum absolute atomic E-state index is 4.35. The minimum absolute atomic E-state index is 1.18. The molecule has 1 heterocycles. The Bertz CT molecular complexity index is 225. The van der Waals surface area contributed by atoms with E-state index < -0.39 is 8.07 Å². The minimum Gasteiger partial charge on any atom is -0.304 e. The van der Waals surface area contributed by atoms with Crippen LogP contribution in [0.25, 0.3) is 0 Å². The van der Waals surface area contributed by atoms with Crippen LogP contribution in [-0.2, 0) is 0 Å². The summed E-state index contributed by atoms with van der Waals surface area (Å²) in [5, 5.41) is 1.56. The van der Waals surface area contributed by atoms with Crippen molar-refractivity contribution in [3.8, 4) is 0 Å². The van der Waals surface area contributed by atoms with Crippen molar-refractivity contribution in [3.63, 3.8) is 0 Å². The Hall–Kier alpha value is -0.0831. The largest absolute Gasteiger partial charge is 0.304 e. The standard InChI is InChI=1S/C15H31NSi/c1-5-12-17(13-6-2,15(3)4)14-11-16-9-7-8-10-16/h3,5-14H2,1-2,4H3. The van der Waals surface area contributed by atoms with E-state index in [9.17, 15) is 0 Å². The summed E-state index contributed by atoms with van der Waals surface area (Å²) in [6.45, 7) is 15.4. The van der Waals surface area contributed by atoms with E-state index in [0.717, 1.165) is 0 Å². The third kappa shape index (κ3) is 4.25. The second-order valence-corrected chi connectivity index (χ2v) is 10.8. The normalized spacial score (nSPS) is 17.6. The fourth-order valence-electron chi connectivity index (χ4n) is 3.35. The van der Waals surface area contributed by atoms with E-state index >= 15 is 0 Å². The number of allylic oxidation sites excluding steroid dienone is 1. The van der Waals surface area contributed by atoms with Gasteiger partial charge in [-0.05, 0) is 45.4 Å². The number of hydrogen-bond donors (Lipinski definition) is 0. The molecule has 0 amide bonds. The van der Waals surface area contributed by atoms with Gasteiger partial charge in [-0.15, -0.1) is 6.58 Å². The summed E-state index contributed by atoms with van der Waals surface area (Å²) in [5.41, 5.74) is 0. The van der Waals surface area contributed by atoms with Crippen LogP contribution in [0.4, 0.5) is 0 Å². The zero-order valence-electron chi connectivity index (χ0n) is 12.2. The molecule has 1 saturated heterocycles. The number of hydrogen-bond acceptors (Lipinski definition) is 1. The lowest BCUT2D eigenvalue weighted by molar-refractivity contribution is 0.356. The van der Waals surface area contributed by atoms with Crippen LogP contribution in [0.2, 0.25) is 18.1 Å². The maximum Gasteiger partial charge on any atom is 0.0816 e. The number of rotatable bonds is 8. The molecule has 0 bridgehead atoms. The highest BCUT2D eigenvalue weighted by molar-refractivity contribution is 6.86. The first-order chi connectivity index (χ1) is 8.14. The smallest absolute Gasteiger partial charge is 0.0816 e. The van der Waals surface area contributed by atoms with E-state index in [0.29, 0.717) is 0 Å². The molecule has 0 spiro atoms. The van der Waals surface area contributed by atoms with Crippen molar-refractivity contribution < 1.29 is 0 Å².